The number of aryl methyl sites for hydroxylation is 1. The van der Waals surface area contributed by atoms with Crippen LogP contribution in [0.15, 0.2) is 24.3 Å². The molecular formula is C15H20O3. The first kappa shape index (κ1) is 13.1. The van der Waals surface area contributed by atoms with E-state index in [0.29, 0.717) is 13.2 Å². The summed E-state index contributed by atoms with van der Waals surface area (Å²) in [6.45, 7) is 7.09. The van der Waals surface area contributed by atoms with E-state index >= 15 is 0 Å². The minimum atomic E-state index is -0.591. The summed E-state index contributed by atoms with van der Waals surface area (Å²) < 4.78 is 10.4. The van der Waals surface area contributed by atoms with Gasteiger partial charge in [0.2, 0.25) is 0 Å². The highest BCUT2D eigenvalue weighted by Gasteiger charge is 2.57. The molecule has 1 aromatic carbocycles. The van der Waals surface area contributed by atoms with Gasteiger partial charge in [0.25, 0.3) is 0 Å². The fourth-order valence-electron chi connectivity index (χ4n) is 2.72. The molecular weight excluding hydrogens is 228 g/mol. The van der Waals surface area contributed by atoms with Gasteiger partial charge < -0.3 is 9.47 Å². The highest BCUT2D eigenvalue weighted by Crippen LogP contribution is 2.48. The van der Waals surface area contributed by atoms with E-state index in [2.05, 4.69) is 19.1 Å². The number of esters is 1. The van der Waals surface area contributed by atoms with Gasteiger partial charge in [0.05, 0.1) is 31.2 Å². The molecule has 2 rings (SSSR count). The second-order valence-corrected chi connectivity index (χ2v) is 5.51. The second kappa shape index (κ2) is 4.39. The summed E-state index contributed by atoms with van der Waals surface area (Å²) >= 11 is 0. The van der Waals surface area contributed by atoms with Gasteiger partial charge in [0, 0.05) is 0 Å². The van der Waals surface area contributed by atoms with E-state index in [1.54, 1.807) is 0 Å². The van der Waals surface area contributed by atoms with Gasteiger partial charge in [0.1, 0.15) is 0 Å². The highest BCUT2D eigenvalue weighted by atomic mass is 16.5. The Kier molecular flexibility index (Phi) is 3.20. The molecule has 1 aromatic rings. The Morgan fingerprint density at radius 2 is 1.94 bits per heavy atom. The third-order valence-electron chi connectivity index (χ3n) is 4.25. The Labute approximate surface area is 108 Å². The average Bonchev–Trinajstić information content (AvgIpc) is 2.28. The standard InChI is InChI=1S/C15H20O3/c1-11-7-5-6-8-12(11)15(9-18-10-15)14(2,3)13(16)17-4/h5-8H,9-10H2,1-4H3. The van der Waals surface area contributed by atoms with Gasteiger partial charge in [-0.1, -0.05) is 24.3 Å². The summed E-state index contributed by atoms with van der Waals surface area (Å²) in [7, 11) is 1.44. The van der Waals surface area contributed by atoms with E-state index in [1.807, 2.05) is 26.0 Å². The maximum Gasteiger partial charge on any atom is 0.312 e. The Balaban J connectivity index is 2.50. The SMILES string of the molecule is COC(=O)C(C)(C)C1(c2ccccc2C)COC1. The largest absolute Gasteiger partial charge is 0.469 e. The molecule has 0 N–H and O–H groups in total. The first-order valence-electron chi connectivity index (χ1n) is 6.18. The molecule has 0 atom stereocenters. The Hall–Kier alpha value is -1.35. The third-order valence-corrected chi connectivity index (χ3v) is 4.25. The predicted molar refractivity (Wildman–Crippen MR) is 69.5 cm³/mol. The zero-order valence-electron chi connectivity index (χ0n) is 11.4. The molecule has 1 fully saturated rings. The molecule has 0 amide bonds. The molecule has 3 heteroatoms. The lowest BCUT2D eigenvalue weighted by Crippen LogP contribution is -2.60. The first-order valence-corrected chi connectivity index (χ1v) is 6.18. The fourth-order valence-corrected chi connectivity index (χ4v) is 2.72. The van der Waals surface area contributed by atoms with Crippen molar-refractivity contribution in [1.82, 2.24) is 0 Å². The van der Waals surface area contributed by atoms with Crippen LogP contribution in [0.5, 0.6) is 0 Å². The van der Waals surface area contributed by atoms with Crippen molar-refractivity contribution in [2.24, 2.45) is 5.41 Å². The molecule has 1 aliphatic heterocycles. The molecule has 18 heavy (non-hydrogen) atoms. The lowest BCUT2D eigenvalue weighted by atomic mass is 9.59. The number of hydrogen-bond acceptors (Lipinski definition) is 3. The van der Waals surface area contributed by atoms with E-state index in [9.17, 15) is 4.79 Å². The predicted octanol–water partition coefficient (Wildman–Crippen LogP) is 2.46. The lowest BCUT2D eigenvalue weighted by molar-refractivity contribution is -0.174. The van der Waals surface area contributed by atoms with Crippen LogP contribution in [0.3, 0.4) is 0 Å². The Bertz CT molecular complexity index is 459. The normalized spacial score (nSPS) is 18.0. The summed E-state index contributed by atoms with van der Waals surface area (Å²) in [5.41, 5.74) is 1.52. The number of rotatable bonds is 3. The van der Waals surface area contributed by atoms with E-state index in [1.165, 1.54) is 18.2 Å². The smallest absolute Gasteiger partial charge is 0.312 e. The molecule has 0 spiro atoms. The van der Waals surface area contributed by atoms with Gasteiger partial charge in [0.15, 0.2) is 0 Å². The lowest BCUT2D eigenvalue weighted by Gasteiger charge is -2.51. The average molecular weight is 248 g/mol. The van der Waals surface area contributed by atoms with Crippen molar-refractivity contribution in [3.63, 3.8) is 0 Å². The Morgan fingerprint density at radius 1 is 1.33 bits per heavy atom. The van der Waals surface area contributed by atoms with E-state index < -0.39 is 5.41 Å². The molecule has 0 unspecified atom stereocenters. The van der Waals surface area contributed by atoms with Crippen LogP contribution in [0.4, 0.5) is 0 Å². The summed E-state index contributed by atoms with van der Waals surface area (Å²) in [5, 5.41) is 0. The van der Waals surface area contributed by atoms with Crippen molar-refractivity contribution in [1.29, 1.82) is 0 Å². The Morgan fingerprint density at radius 3 is 2.39 bits per heavy atom. The number of methoxy groups -OCH3 is 1. The third kappa shape index (κ3) is 1.65. The minimum Gasteiger partial charge on any atom is -0.469 e. The van der Waals surface area contributed by atoms with Crippen LogP contribution in [0.2, 0.25) is 0 Å². The van der Waals surface area contributed by atoms with Crippen molar-refractivity contribution in [2.75, 3.05) is 20.3 Å². The van der Waals surface area contributed by atoms with Gasteiger partial charge in [-0.15, -0.1) is 0 Å². The van der Waals surface area contributed by atoms with E-state index in [-0.39, 0.29) is 11.4 Å². The van der Waals surface area contributed by atoms with Gasteiger partial charge in [-0.2, -0.15) is 0 Å². The molecule has 0 radical (unpaired) electrons. The monoisotopic (exact) mass is 248 g/mol. The summed E-state index contributed by atoms with van der Waals surface area (Å²) in [4.78, 5) is 12.1. The zero-order valence-corrected chi connectivity index (χ0v) is 11.4. The van der Waals surface area contributed by atoms with Crippen molar-refractivity contribution in [3.05, 3.63) is 35.4 Å². The number of carbonyl (C=O) groups excluding carboxylic acids is 1. The van der Waals surface area contributed by atoms with Crippen LogP contribution >= 0.6 is 0 Å². The zero-order chi connectivity index (χ0) is 13.4. The molecule has 0 saturated carbocycles. The number of ether oxygens (including phenoxy) is 2. The molecule has 0 aliphatic carbocycles. The quantitative estimate of drug-likeness (QED) is 0.771. The summed E-state index contributed by atoms with van der Waals surface area (Å²) in [5.74, 6) is -0.186. The first-order chi connectivity index (χ1) is 8.45. The number of carbonyl (C=O) groups is 1. The molecule has 0 aromatic heterocycles. The van der Waals surface area contributed by atoms with Crippen LogP contribution in [0.1, 0.15) is 25.0 Å². The maximum atomic E-state index is 12.1. The molecule has 3 nitrogen and oxygen atoms in total. The molecule has 1 saturated heterocycles. The second-order valence-electron chi connectivity index (χ2n) is 5.51. The van der Waals surface area contributed by atoms with Crippen LogP contribution in [0, 0.1) is 12.3 Å². The number of benzene rings is 1. The maximum absolute atomic E-state index is 12.1. The summed E-state index contributed by atoms with van der Waals surface area (Å²) in [6, 6.07) is 8.18. The summed E-state index contributed by atoms with van der Waals surface area (Å²) in [6.07, 6.45) is 0. The van der Waals surface area contributed by atoms with Crippen LogP contribution in [0.25, 0.3) is 0 Å². The topological polar surface area (TPSA) is 35.5 Å². The van der Waals surface area contributed by atoms with Crippen molar-refractivity contribution < 1.29 is 14.3 Å². The van der Waals surface area contributed by atoms with E-state index in [4.69, 9.17) is 9.47 Å². The fraction of sp³-hybridized carbons (Fsp3) is 0.533. The molecule has 0 bridgehead atoms. The van der Waals surface area contributed by atoms with Gasteiger partial charge in [-0.25, -0.2) is 0 Å². The minimum absolute atomic E-state index is 0.186. The van der Waals surface area contributed by atoms with Gasteiger partial charge >= 0.3 is 5.97 Å². The van der Waals surface area contributed by atoms with Crippen LogP contribution in [-0.4, -0.2) is 26.3 Å². The van der Waals surface area contributed by atoms with Gasteiger partial charge in [-0.05, 0) is 31.9 Å². The highest BCUT2D eigenvalue weighted by molar-refractivity contribution is 5.79. The van der Waals surface area contributed by atoms with E-state index in [0.717, 1.165) is 0 Å². The van der Waals surface area contributed by atoms with Crippen molar-refractivity contribution >= 4 is 5.97 Å². The van der Waals surface area contributed by atoms with Crippen LogP contribution in [-0.2, 0) is 19.7 Å². The van der Waals surface area contributed by atoms with Crippen molar-refractivity contribution in [3.8, 4) is 0 Å². The van der Waals surface area contributed by atoms with Gasteiger partial charge in [-0.3, -0.25) is 4.79 Å². The molecule has 1 aliphatic rings. The number of hydrogen-bond donors (Lipinski definition) is 0. The van der Waals surface area contributed by atoms with Crippen LogP contribution < -0.4 is 0 Å². The van der Waals surface area contributed by atoms with Crippen molar-refractivity contribution in [2.45, 2.75) is 26.2 Å². The molecule has 98 valence electrons. The molecule has 1 heterocycles.